The lowest BCUT2D eigenvalue weighted by molar-refractivity contribution is -0.140. The summed E-state index contributed by atoms with van der Waals surface area (Å²) in [5.41, 5.74) is 1.64. The van der Waals surface area contributed by atoms with Gasteiger partial charge in [-0.3, -0.25) is 9.89 Å². The minimum absolute atomic E-state index is 0. The van der Waals surface area contributed by atoms with Crippen LogP contribution in [-0.2, 0) is 25.7 Å². The number of hydrogen-bond acceptors (Lipinski definition) is 4. The van der Waals surface area contributed by atoms with E-state index in [1.165, 1.54) is 31.5 Å². The van der Waals surface area contributed by atoms with Crippen molar-refractivity contribution in [3.05, 3.63) is 51.5 Å². The van der Waals surface area contributed by atoms with E-state index < -0.39 is 11.9 Å². The fraction of sp³-hybridized carbons (Fsp3) is 0.500. The molecule has 0 spiro atoms. The van der Waals surface area contributed by atoms with Crippen LogP contribution in [0.1, 0.15) is 34.7 Å². The quantitative estimate of drug-likeness (QED) is 0.306. The van der Waals surface area contributed by atoms with E-state index in [4.69, 9.17) is 0 Å². The van der Waals surface area contributed by atoms with E-state index in [0.717, 1.165) is 28.8 Å². The first-order valence-corrected chi connectivity index (χ1v) is 10.6. The van der Waals surface area contributed by atoms with Gasteiger partial charge in [-0.25, -0.2) is 4.98 Å². The molecular formula is C20H27F3IN5S. The Labute approximate surface area is 196 Å². The van der Waals surface area contributed by atoms with E-state index in [0.29, 0.717) is 30.5 Å². The van der Waals surface area contributed by atoms with Crippen LogP contribution in [0.25, 0.3) is 0 Å². The van der Waals surface area contributed by atoms with Gasteiger partial charge < -0.3 is 10.6 Å². The Bertz CT molecular complexity index is 802. The van der Waals surface area contributed by atoms with Crippen molar-refractivity contribution in [2.24, 2.45) is 4.99 Å². The van der Waals surface area contributed by atoms with Gasteiger partial charge in [-0.1, -0.05) is 24.3 Å². The molecule has 10 heteroatoms. The van der Waals surface area contributed by atoms with E-state index in [9.17, 15) is 13.2 Å². The molecule has 1 saturated heterocycles. The maximum absolute atomic E-state index is 12.6. The molecule has 2 aromatic rings. The van der Waals surface area contributed by atoms with E-state index in [2.05, 4.69) is 49.8 Å². The van der Waals surface area contributed by atoms with Crippen molar-refractivity contribution < 1.29 is 13.2 Å². The normalized spacial score (nSPS) is 15.1. The second-order valence-corrected chi connectivity index (χ2v) is 7.97. The molecule has 2 heterocycles. The van der Waals surface area contributed by atoms with Gasteiger partial charge in [-0.2, -0.15) is 13.2 Å². The van der Waals surface area contributed by atoms with E-state index in [-0.39, 0.29) is 24.0 Å². The van der Waals surface area contributed by atoms with Crippen molar-refractivity contribution in [2.75, 3.05) is 26.7 Å². The monoisotopic (exact) mass is 553 g/mol. The third-order valence-electron chi connectivity index (χ3n) is 4.78. The molecule has 2 N–H and O–H groups in total. The molecule has 1 aromatic heterocycles. The van der Waals surface area contributed by atoms with E-state index >= 15 is 0 Å². The lowest BCUT2D eigenvalue weighted by Crippen LogP contribution is -2.37. The lowest BCUT2D eigenvalue weighted by Gasteiger charge is -2.15. The van der Waals surface area contributed by atoms with Crippen molar-refractivity contribution in [2.45, 2.75) is 38.5 Å². The average molecular weight is 553 g/mol. The van der Waals surface area contributed by atoms with Crippen LogP contribution in [0.3, 0.4) is 0 Å². The Morgan fingerprint density at radius 1 is 1.13 bits per heavy atom. The molecule has 0 atom stereocenters. The number of nitrogens with one attached hydrogen (secondary N) is 2. The van der Waals surface area contributed by atoms with Gasteiger partial charge in [0.1, 0.15) is 0 Å². The largest absolute Gasteiger partial charge is 0.434 e. The molecule has 0 bridgehead atoms. The molecule has 0 amide bonds. The first kappa shape index (κ1) is 24.9. The summed E-state index contributed by atoms with van der Waals surface area (Å²) in [6.07, 6.45) is -1.39. The summed E-state index contributed by atoms with van der Waals surface area (Å²) >= 11 is 1.02. The van der Waals surface area contributed by atoms with Gasteiger partial charge in [0.2, 0.25) is 0 Å². The maximum Gasteiger partial charge on any atom is 0.434 e. The van der Waals surface area contributed by atoms with Crippen LogP contribution in [0, 0.1) is 0 Å². The molecular weight excluding hydrogens is 526 g/mol. The molecule has 0 radical (unpaired) electrons. The minimum atomic E-state index is -4.39. The van der Waals surface area contributed by atoms with Gasteiger partial charge >= 0.3 is 6.18 Å². The first-order valence-electron chi connectivity index (χ1n) is 9.70. The lowest BCUT2D eigenvalue weighted by atomic mass is 10.1. The fourth-order valence-electron chi connectivity index (χ4n) is 3.21. The topological polar surface area (TPSA) is 52.6 Å². The minimum Gasteiger partial charge on any atom is -0.356 e. The zero-order valence-corrected chi connectivity index (χ0v) is 20.0. The first-order chi connectivity index (χ1) is 13.9. The average Bonchev–Trinajstić information content (AvgIpc) is 3.37. The zero-order chi connectivity index (χ0) is 20.7. The summed E-state index contributed by atoms with van der Waals surface area (Å²) in [6.45, 7) is 4.45. The smallest absolute Gasteiger partial charge is 0.356 e. The predicted molar refractivity (Wildman–Crippen MR) is 125 cm³/mol. The van der Waals surface area contributed by atoms with Crippen molar-refractivity contribution in [3.63, 3.8) is 0 Å². The SMILES string of the molecule is CN=C(NCCc1nc(C(F)(F)F)cs1)NCc1ccc(CN2CCCC2)cc1.I. The Morgan fingerprint density at radius 2 is 1.80 bits per heavy atom. The molecule has 166 valence electrons. The number of hydrogen-bond donors (Lipinski definition) is 2. The molecule has 0 saturated carbocycles. The van der Waals surface area contributed by atoms with Crippen LogP contribution < -0.4 is 10.6 Å². The van der Waals surface area contributed by atoms with Crippen molar-refractivity contribution in [1.82, 2.24) is 20.5 Å². The number of likely N-dealkylation sites (tertiary alicyclic amines) is 1. The Balaban J connectivity index is 0.00000320. The summed E-state index contributed by atoms with van der Waals surface area (Å²) < 4.78 is 37.8. The van der Waals surface area contributed by atoms with Gasteiger partial charge in [-0.05, 0) is 37.1 Å². The molecule has 1 aliphatic heterocycles. The van der Waals surface area contributed by atoms with Gasteiger partial charge in [-0.15, -0.1) is 35.3 Å². The number of alkyl halides is 3. The standard InChI is InChI=1S/C20H26F3N5S.HI/c1-24-19(25-9-8-18-27-17(14-29-18)20(21,22)23)26-12-15-4-6-16(7-5-15)13-28-10-2-3-11-28;/h4-7,14H,2-3,8-13H2,1H3,(H2,24,25,26);1H. The molecule has 0 aliphatic carbocycles. The number of rotatable bonds is 7. The van der Waals surface area contributed by atoms with Gasteiger partial charge in [0.15, 0.2) is 11.7 Å². The highest BCUT2D eigenvalue weighted by atomic mass is 127. The summed E-state index contributed by atoms with van der Waals surface area (Å²) in [5, 5.41) is 7.84. The molecule has 1 aromatic carbocycles. The summed E-state index contributed by atoms with van der Waals surface area (Å²) in [7, 11) is 1.67. The number of nitrogens with zero attached hydrogens (tertiary/aromatic N) is 3. The van der Waals surface area contributed by atoms with E-state index in [1.807, 2.05) is 0 Å². The highest BCUT2D eigenvalue weighted by Crippen LogP contribution is 2.30. The van der Waals surface area contributed by atoms with Gasteiger partial charge in [0, 0.05) is 38.5 Å². The molecule has 1 aliphatic rings. The number of aromatic nitrogens is 1. The number of benzene rings is 1. The van der Waals surface area contributed by atoms with Crippen LogP contribution in [0.15, 0.2) is 34.6 Å². The van der Waals surface area contributed by atoms with Crippen molar-refractivity contribution >= 4 is 41.3 Å². The molecule has 30 heavy (non-hydrogen) atoms. The molecule has 0 unspecified atom stereocenters. The number of aliphatic imine (C=N–C) groups is 1. The highest BCUT2D eigenvalue weighted by Gasteiger charge is 2.33. The second kappa shape index (κ2) is 11.8. The van der Waals surface area contributed by atoms with Gasteiger partial charge in [0.25, 0.3) is 0 Å². The molecule has 5 nitrogen and oxygen atoms in total. The Morgan fingerprint density at radius 3 is 2.40 bits per heavy atom. The van der Waals surface area contributed by atoms with Crippen molar-refractivity contribution in [3.8, 4) is 0 Å². The Kier molecular flexibility index (Phi) is 9.82. The van der Waals surface area contributed by atoms with Crippen LogP contribution >= 0.6 is 35.3 Å². The third kappa shape index (κ3) is 7.69. The second-order valence-electron chi connectivity index (χ2n) is 7.03. The number of halogens is 4. The van der Waals surface area contributed by atoms with Crippen LogP contribution in [0.4, 0.5) is 13.2 Å². The third-order valence-corrected chi connectivity index (χ3v) is 5.69. The maximum atomic E-state index is 12.6. The van der Waals surface area contributed by atoms with Gasteiger partial charge in [0.05, 0.1) is 5.01 Å². The zero-order valence-electron chi connectivity index (χ0n) is 16.8. The van der Waals surface area contributed by atoms with Crippen LogP contribution in [0.5, 0.6) is 0 Å². The predicted octanol–water partition coefficient (Wildman–Crippen LogP) is 4.28. The molecule has 3 rings (SSSR count). The van der Waals surface area contributed by atoms with Crippen molar-refractivity contribution in [1.29, 1.82) is 0 Å². The Hall–Kier alpha value is -1.40. The van der Waals surface area contributed by atoms with E-state index in [1.54, 1.807) is 7.05 Å². The number of guanidine groups is 1. The highest BCUT2D eigenvalue weighted by molar-refractivity contribution is 14.0. The van der Waals surface area contributed by atoms with Crippen LogP contribution in [0.2, 0.25) is 0 Å². The molecule has 1 fully saturated rings. The number of thiazole rings is 1. The summed E-state index contributed by atoms with van der Waals surface area (Å²) in [4.78, 5) is 10.3. The fourth-order valence-corrected chi connectivity index (χ4v) is 4.02. The summed E-state index contributed by atoms with van der Waals surface area (Å²) in [5.74, 6) is 0.610. The van der Waals surface area contributed by atoms with Crippen LogP contribution in [-0.4, -0.2) is 42.5 Å². The summed E-state index contributed by atoms with van der Waals surface area (Å²) in [6, 6.07) is 8.54.